The summed E-state index contributed by atoms with van der Waals surface area (Å²) < 4.78 is 213. The molecule has 0 aliphatic heterocycles. The summed E-state index contributed by atoms with van der Waals surface area (Å²) in [5, 5.41) is 8.76. The van der Waals surface area contributed by atoms with Crippen molar-refractivity contribution >= 4 is 11.8 Å². The quantitative estimate of drug-likeness (QED) is 0.180. The van der Waals surface area contributed by atoms with Crippen molar-refractivity contribution in [2.24, 2.45) is 11.8 Å². The number of aliphatic carboxylic acids is 1. The Morgan fingerprint density at radius 1 is 0.659 bits per heavy atom. The zero-order valence-electron chi connectivity index (χ0n) is 18.4. The molecule has 19 heteroatoms. The molecule has 0 radical (unpaired) electrons. The Hall–Kier alpha value is -1.98. The predicted molar refractivity (Wildman–Crippen MR) is 117 cm³/mol. The molecular formula is C22H34F16O3. The monoisotopic (exact) mass is 650 g/mol. The first-order valence-electron chi connectivity index (χ1n) is 9.80. The molecule has 252 valence electrons. The maximum Gasteiger partial charge on any atom is 0.384 e. The molecule has 41 heavy (non-hydrogen) atoms. The van der Waals surface area contributed by atoms with Crippen molar-refractivity contribution < 1.29 is 84.9 Å². The van der Waals surface area contributed by atoms with Crippen LogP contribution in [0.3, 0.4) is 0 Å². The van der Waals surface area contributed by atoms with E-state index in [0.29, 0.717) is 0 Å². The van der Waals surface area contributed by atoms with Crippen LogP contribution in [0.2, 0.25) is 0 Å². The van der Waals surface area contributed by atoms with Gasteiger partial charge in [-0.25, -0.2) is 8.78 Å². The summed E-state index contributed by atoms with van der Waals surface area (Å²) in [5.41, 5.74) is 0. The SMILES string of the molecule is C.C.C.C.CCC(CC(C)C(=O)O)C(=O)CCC(F)(F)C(F)(F)C(F)(F)C(F)(F)C(F)(F)C(F)(F)C(F)(F)C(F)F. The molecule has 2 atom stereocenters. The van der Waals surface area contributed by atoms with Crippen LogP contribution in [0.1, 0.15) is 69.2 Å². The molecule has 0 spiro atoms. The van der Waals surface area contributed by atoms with Gasteiger partial charge in [-0.15, -0.1) is 0 Å². The average molecular weight is 650 g/mol. The van der Waals surface area contributed by atoms with E-state index in [9.17, 15) is 79.8 Å². The van der Waals surface area contributed by atoms with Crippen LogP contribution in [0.25, 0.3) is 0 Å². The molecule has 2 unspecified atom stereocenters. The van der Waals surface area contributed by atoms with Gasteiger partial charge in [0, 0.05) is 18.8 Å². The van der Waals surface area contributed by atoms with E-state index in [1.54, 1.807) is 0 Å². The largest absolute Gasteiger partial charge is 0.481 e. The van der Waals surface area contributed by atoms with Crippen LogP contribution in [0.15, 0.2) is 0 Å². The number of ketones is 1. The molecule has 0 heterocycles. The number of halogens is 16. The molecule has 0 aromatic rings. The van der Waals surface area contributed by atoms with Crippen molar-refractivity contribution in [3.8, 4) is 0 Å². The van der Waals surface area contributed by atoms with Gasteiger partial charge in [-0.3, -0.25) is 9.59 Å². The summed E-state index contributed by atoms with van der Waals surface area (Å²) in [4.78, 5) is 22.7. The second-order valence-electron chi connectivity index (χ2n) is 8.05. The van der Waals surface area contributed by atoms with Gasteiger partial charge in [0.1, 0.15) is 5.78 Å². The predicted octanol–water partition coefficient (Wildman–Crippen LogP) is 9.73. The van der Waals surface area contributed by atoms with Crippen molar-refractivity contribution in [3.05, 3.63) is 0 Å². The second kappa shape index (κ2) is 15.0. The summed E-state index contributed by atoms with van der Waals surface area (Å²) in [6.45, 7) is 2.20. The highest BCUT2D eigenvalue weighted by atomic mass is 19.4. The highest BCUT2D eigenvalue weighted by Crippen LogP contribution is 2.63. The first-order valence-corrected chi connectivity index (χ1v) is 9.80. The molecule has 1 N–H and O–H groups in total. The van der Waals surface area contributed by atoms with Crippen LogP contribution in [-0.2, 0) is 9.59 Å². The van der Waals surface area contributed by atoms with Crippen LogP contribution in [0, 0.1) is 11.8 Å². The molecule has 0 saturated carbocycles. The Labute approximate surface area is 226 Å². The van der Waals surface area contributed by atoms with E-state index in [-0.39, 0.29) is 36.1 Å². The van der Waals surface area contributed by atoms with Crippen molar-refractivity contribution in [1.82, 2.24) is 0 Å². The van der Waals surface area contributed by atoms with E-state index in [1.807, 2.05) is 0 Å². The maximum atomic E-state index is 13.9. The Morgan fingerprint density at radius 3 is 1.32 bits per heavy atom. The highest BCUT2D eigenvalue weighted by Gasteiger charge is 2.93. The standard InChI is InChI=1S/C18H18F16O3.4CH4/c1-3-8(6-7(2)10(36)37)9(35)4-5-12(21,22)14(25,26)16(29,30)18(33,34)17(31,32)15(27,28)13(23,24)11(19)20;;;;/h7-8,11H,3-6H2,1-2H3,(H,36,37);4*1H4. The zero-order valence-corrected chi connectivity index (χ0v) is 18.4. The van der Waals surface area contributed by atoms with Gasteiger partial charge >= 0.3 is 53.9 Å². The molecular weight excluding hydrogens is 616 g/mol. The smallest absolute Gasteiger partial charge is 0.384 e. The van der Waals surface area contributed by atoms with E-state index in [2.05, 4.69) is 0 Å². The second-order valence-corrected chi connectivity index (χ2v) is 8.05. The fourth-order valence-corrected chi connectivity index (χ4v) is 2.86. The molecule has 0 rings (SSSR count). The minimum absolute atomic E-state index is 0. The summed E-state index contributed by atoms with van der Waals surface area (Å²) in [7, 11) is 0. The van der Waals surface area contributed by atoms with Crippen molar-refractivity contribution in [3.63, 3.8) is 0 Å². The van der Waals surface area contributed by atoms with Gasteiger partial charge in [-0.1, -0.05) is 43.6 Å². The number of carbonyl (C=O) groups is 2. The Balaban J connectivity index is -0.00000108. The first-order chi connectivity index (χ1) is 16.1. The summed E-state index contributed by atoms with van der Waals surface area (Å²) in [5.74, 6) is -60.9. The molecule has 0 saturated heterocycles. The first kappa shape index (κ1) is 48.7. The lowest BCUT2D eigenvalue weighted by atomic mass is 9.85. The number of hydrogen-bond acceptors (Lipinski definition) is 2. The number of carbonyl (C=O) groups excluding carboxylic acids is 1. The summed E-state index contributed by atoms with van der Waals surface area (Å²) in [6.07, 6.45) is -11.5. The van der Waals surface area contributed by atoms with Crippen molar-refractivity contribution in [1.29, 1.82) is 0 Å². The molecule has 0 aromatic heterocycles. The van der Waals surface area contributed by atoms with E-state index in [0.717, 1.165) is 6.92 Å². The molecule has 0 fully saturated rings. The average Bonchev–Trinajstić information content (AvgIpc) is 2.74. The number of rotatable bonds is 15. The van der Waals surface area contributed by atoms with Gasteiger partial charge in [0.15, 0.2) is 0 Å². The van der Waals surface area contributed by atoms with Gasteiger partial charge in [0.25, 0.3) is 0 Å². The third kappa shape index (κ3) is 8.10. The maximum absolute atomic E-state index is 13.9. The Morgan fingerprint density at radius 2 is 1.00 bits per heavy atom. The number of Topliss-reactive ketones (excluding diaryl/α,β-unsaturated/α-hetero) is 1. The minimum Gasteiger partial charge on any atom is -0.481 e. The lowest BCUT2D eigenvalue weighted by Crippen LogP contribution is -2.73. The van der Waals surface area contributed by atoms with Gasteiger partial charge < -0.3 is 5.11 Å². The minimum atomic E-state index is -8.48. The molecule has 0 aliphatic carbocycles. The molecule has 0 aromatic carbocycles. The van der Waals surface area contributed by atoms with E-state index < -0.39 is 90.7 Å². The van der Waals surface area contributed by atoms with Crippen molar-refractivity contribution in [2.75, 3.05) is 0 Å². The van der Waals surface area contributed by atoms with Crippen molar-refractivity contribution in [2.45, 2.75) is 117 Å². The molecule has 0 bridgehead atoms. The number of alkyl halides is 16. The van der Waals surface area contributed by atoms with Crippen LogP contribution in [-0.4, -0.2) is 64.7 Å². The van der Waals surface area contributed by atoms with E-state index in [4.69, 9.17) is 5.11 Å². The Kier molecular flexibility index (Phi) is 17.8. The van der Waals surface area contributed by atoms with Crippen LogP contribution >= 0.6 is 0 Å². The summed E-state index contributed by atoms with van der Waals surface area (Å²) in [6, 6.07) is 0. The lowest BCUT2D eigenvalue weighted by molar-refractivity contribution is -0.447. The fraction of sp³-hybridized carbons (Fsp3) is 0.909. The third-order valence-corrected chi connectivity index (χ3v) is 5.42. The topological polar surface area (TPSA) is 54.4 Å². The van der Waals surface area contributed by atoms with Gasteiger partial charge in [-0.05, 0) is 12.8 Å². The number of carboxylic acids is 1. The fourth-order valence-electron chi connectivity index (χ4n) is 2.86. The van der Waals surface area contributed by atoms with Crippen LogP contribution in [0.4, 0.5) is 70.2 Å². The van der Waals surface area contributed by atoms with E-state index >= 15 is 0 Å². The van der Waals surface area contributed by atoms with Gasteiger partial charge in [-0.2, -0.15) is 61.5 Å². The number of hydrogen-bond donors (Lipinski definition) is 1. The third-order valence-electron chi connectivity index (χ3n) is 5.42. The van der Waals surface area contributed by atoms with Crippen LogP contribution < -0.4 is 0 Å². The molecule has 0 aliphatic rings. The lowest BCUT2D eigenvalue weighted by Gasteiger charge is -2.42. The van der Waals surface area contributed by atoms with Crippen LogP contribution in [0.5, 0.6) is 0 Å². The Bertz CT molecular complexity index is 828. The molecule has 0 amide bonds. The highest BCUT2D eigenvalue weighted by molar-refractivity contribution is 5.81. The van der Waals surface area contributed by atoms with E-state index in [1.165, 1.54) is 6.92 Å². The molecule has 3 nitrogen and oxygen atoms in total. The van der Waals surface area contributed by atoms with Gasteiger partial charge in [0.05, 0.1) is 5.92 Å². The summed E-state index contributed by atoms with van der Waals surface area (Å²) >= 11 is 0. The zero-order chi connectivity index (χ0) is 30.2. The van der Waals surface area contributed by atoms with Gasteiger partial charge in [0.2, 0.25) is 0 Å². The normalized spacial score (nSPS) is 15.0. The number of carboxylic acid groups (broad SMARTS) is 1.